The molecule has 3 heteroatoms. The van der Waals surface area contributed by atoms with Crippen LogP contribution in [-0.2, 0) is 0 Å². The van der Waals surface area contributed by atoms with Gasteiger partial charge in [0.1, 0.15) is 0 Å². The van der Waals surface area contributed by atoms with Gasteiger partial charge in [0.2, 0.25) is 0 Å². The van der Waals surface area contributed by atoms with Crippen molar-refractivity contribution in [2.45, 2.75) is 40.8 Å². The fourth-order valence-corrected chi connectivity index (χ4v) is 17.3. The number of allylic oxidation sites excluding steroid dienone is 4. The topological polar surface area (TPSA) is 0 Å². The van der Waals surface area contributed by atoms with E-state index < -0.39 is 0 Å². The van der Waals surface area contributed by atoms with Crippen molar-refractivity contribution in [3.8, 4) is 0 Å². The third-order valence-corrected chi connectivity index (χ3v) is 19.6. The Balaban J connectivity index is 4.14. The highest BCUT2D eigenvalue weighted by atomic mass is 29.6. The van der Waals surface area contributed by atoms with Crippen LogP contribution < -0.4 is 0 Å². The molecule has 0 saturated carbocycles. The number of hydrogen-bond donors (Lipinski definition) is 0. The molecule has 0 bridgehead atoms. The molecular formula is C10H21Si3. The Morgan fingerprint density at radius 1 is 0.923 bits per heavy atom. The van der Waals surface area contributed by atoms with E-state index in [1.807, 2.05) is 0 Å². The molecule has 0 aliphatic heterocycles. The normalized spacial score (nSPS) is 14.5. The monoisotopic (exact) mass is 225 g/mol. The van der Waals surface area contributed by atoms with Crippen LogP contribution in [0.3, 0.4) is 0 Å². The average Bonchev–Trinajstić information content (AvgIpc) is 2.14. The summed E-state index contributed by atoms with van der Waals surface area (Å²) in [4.78, 5) is 0. The van der Waals surface area contributed by atoms with Gasteiger partial charge in [-0.3, -0.25) is 0 Å². The third-order valence-electron chi connectivity index (χ3n) is 2.54. The summed E-state index contributed by atoms with van der Waals surface area (Å²) in [6.45, 7) is 13.9. The molecule has 0 unspecified atom stereocenters. The molecule has 0 atom stereocenters. The van der Waals surface area contributed by atoms with Crippen molar-refractivity contribution >= 4 is 25.2 Å². The zero-order chi connectivity index (χ0) is 10.4. The van der Waals surface area contributed by atoms with E-state index in [9.17, 15) is 0 Å². The first kappa shape index (κ1) is 13.1. The van der Waals surface area contributed by atoms with Crippen LogP contribution in [-0.4, -0.2) is 25.2 Å². The highest BCUT2D eigenvalue weighted by Gasteiger charge is 2.14. The van der Waals surface area contributed by atoms with Gasteiger partial charge in [-0.1, -0.05) is 35.6 Å². The second-order valence-corrected chi connectivity index (χ2v) is 16.7. The molecule has 0 N–H and O–H groups in total. The van der Waals surface area contributed by atoms with Gasteiger partial charge in [-0.2, -0.15) is 0 Å². The molecule has 0 heterocycles. The summed E-state index contributed by atoms with van der Waals surface area (Å²) in [5.74, 6) is 0. The predicted octanol–water partition coefficient (Wildman–Crippen LogP) is 2.68. The highest BCUT2D eigenvalue weighted by molar-refractivity contribution is 7.44. The Hall–Kier alpha value is 0.131. The van der Waals surface area contributed by atoms with Gasteiger partial charge in [-0.25, -0.2) is 0 Å². The van der Waals surface area contributed by atoms with E-state index in [0.29, 0.717) is 8.55 Å². The minimum Gasteiger partial charge on any atom is -0.0938 e. The van der Waals surface area contributed by atoms with Crippen LogP contribution in [0.5, 0.6) is 0 Å². The minimum atomic E-state index is -0.123. The first-order valence-electron chi connectivity index (χ1n) is 4.81. The molecule has 0 aliphatic carbocycles. The molecular weight excluding hydrogens is 204 g/mol. The summed E-state index contributed by atoms with van der Waals surface area (Å²) >= 11 is 0. The Morgan fingerprint density at radius 3 is 1.46 bits per heavy atom. The summed E-state index contributed by atoms with van der Waals surface area (Å²) in [6, 6.07) is 0. The van der Waals surface area contributed by atoms with Gasteiger partial charge in [0.05, 0.1) is 16.6 Å². The molecule has 0 amide bonds. The summed E-state index contributed by atoms with van der Waals surface area (Å²) in [5.41, 5.74) is 0. The van der Waals surface area contributed by atoms with Gasteiger partial charge in [0, 0.05) is 8.55 Å². The van der Waals surface area contributed by atoms with Crippen molar-refractivity contribution < 1.29 is 0 Å². The quantitative estimate of drug-likeness (QED) is 0.646. The van der Waals surface area contributed by atoms with E-state index in [1.54, 1.807) is 10.4 Å². The molecule has 0 nitrogen and oxygen atoms in total. The van der Waals surface area contributed by atoms with E-state index in [0.717, 1.165) is 0 Å². The summed E-state index contributed by atoms with van der Waals surface area (Å²) in [7, 11) is 0.470. The fourth-order valence-electron chi connectivity index (χ4n) is 1.01. The summed E-state index contributed by atoms with van der Waals surface area (Å²) in [6.07, 6.45) is 4.61. The van der Waals surface area contributed by atoms with E-state index in [1.165, 1.54) is 0 Å². The SMILES string of the molecule is C/C=C(/C)[Si](C)[SiH][Si](C)/C(C)=C\C. The molecule has 0 saturated heterocycles. The third kappa shape index (κ3) is 4.78. The maximum atomic E-state index is 2.48. The zero-order valence-corrected chi connectivity index (χ0v) is 12.9. The molecule has 13 heavy (non-hydrogen) atoms. The van der Waals surface area contributed by atoms with E-state index in [4.69, 9.17) is 0 Å². The van der Waals surface area contributed by atoms with Crippen LogP contribution in [0.4, 0.5) is 0 Å². The molecule has 73 valence electrons. The largest absolute Gasteiger partial charge is 0.0938 e. The number of rotatable bonds is 4. The van der Waals surface area contributed by atoms with Crippen molar-refractivity contribution in [3.63, 3.8) is 0 Å². The summed E-state index contributed by atoms with van der Waals surface area (Å²) < 4.78 is 0. The van der Waals surface area contributed by atoms with Gasteiger partial charge in [-0.05, 0) is 27.7 Å². The highest BCUT2D eigenvalue weighted by Crippen LogP contribution is 2.04. The lowest BCUT2D eigenvalue weighted by atomic mass is 10.6. The van der Waals surface area contributed by atoms with Crippen molar-refractivity contribution in [2.24, 2.45) is 0 Å². The average molecular weight is 226 g/mol. The maximum Gasteiger partial charge on any atom is 0.0585 e. The Kier molecular flexibility index (Phi) is 6.63. The Morgan fingerprint density at radius 2 is 1.23 bits per heavy atom. The van der Waals surface area contributed by atoms with Gasteiger partial charge in [0.25, 0.3) is 0 Å². The van der Waals surface area contributed by atoms with E-state index in [-0.39, 0.29) is 16.6 Å². The van der Waals surface area contributed by atoms with Crippen molar-refractivity contribution in [3.05, 3.63) is 22.5 Å². The lowest BCUT2D eigenvalue weighted by Gasteiger charge is -2.14. The molecule has 0 aliphatic rings. The van der Waals surface area contributed by atoms with Crippen LogP contribution in [0.15, 0.2) is 22.5 Å². The zero-order valence-electron chi connectivity index (χ0n) is 9.73. The van der Waals surface area contributed by atoms with E-state index >= 15 is 0 Å². The van der Waals surface area contributed by atoms with E-state index in [2.05, 4.69) is 52.9 Å². The second-order valence-electron chi connectivity index (χ2n) is 3.45. The van der Waals surface area contributed by atoms with Gasteiger partial charge >= 0.3 is 0 Å². The Bertz CT molecular complexity index is 184. The molecule has 0 aromatic rings. The van der Waals surface area contributed by atoms with Crippen molar-refractivity contribution in [1.29, 1.82) is 0 Å². The predicted molar refractivity (Wildman–Crippen MR) is 69.2 cm³/mol. The molecule has 3 radical (unpaired) electrons. The minimum absolute atomic E-state index is 0.123. The molecule has 0 aromatic carbocycles. The molecule has 0 aromatic heterocycles. The van der Waals surface area contributed by atoms with Crippen LogP contribution >= 0.6 is 0 Å². The van der Waals surface area contributed by atoms with Crippen LogP contribution in [0.2, 0.25) is 13.1 Å². The van der Waals surface area contributed by atoms with Crippen LogP contribution in [0.25, 0.3) is 0 Å². The lowest BCUT2D eigenvalue weighted by Crippen LogP contribution is -2.34. The van der Waals surface area contributed by atoms with Gasteiger partial charge in [-0.15, -0.1) is 0 Å². The lowest BCUT2D eigenvalue weighted by molar-refractivity contribution is 1.56. The Labute approximate surface area is 88.8 Å². The first-order valence-corrected chi connectivity index (χ1v) is 12.4. The molecule has 0 rings (SSSR count). The smallest absolute Gasteiger partial charge is 0.0585 e. The molecule has 0 fully saturated rings. The van der Waals surface area contributed by atoms with Crippen molar-refractivity contribution in [2.75, 3.05) is 0 Å². The number of hydrogen-bond acceptors (Lipinski definition) is 0. The first-order chi connectivity index (χ1) is 6.02. The second kappa shape index (κ2) is 6.56. The van der Waals surface area contributed by atoms with Crippen LogP contribution in [0, 0.1) is 0 Å². The summed E-state index contributed by atoms with van der Waals surface area (Å²) in [5, 5.41) is 3.35. The molecule has 0 spiro atoms. The standard InChI is InChI=1S/C10H21Si3/c1-7-9(3)12(5)11-13(6)10(4)8-2/h7-8,11H,1-6H3/b9-7-,10-8-. The fraction of sp³-hybridized carbons (Fsp3) is 0.600. The van der Waals surface area contributed by atoms with Crippen LogP contribution in [0.1, 0.15) is 27.7 Å². The van der Waals surface area contributed by atoms with Gasteiger partial charge in [0.15, 0.2) is 0 Å². The van der Waals surface area contributed by atoms with Gasteiger partial charge < -0.3 is 0 Å². The maximum absolute atomic E-state index is 2.48. The van der Waals surface area contributed by atoms with Crippen molar-refractivity contribution in [1.82, 2.24) is 0 Å².